The van der Waals surface area contributed by atoms with Gasteiger partial charge in [0.15, 0.2) is 0 Å². The van der Waals surface area contributed by atoms with E-state index in [1.54, 1.807) is 12.1 Å². The summed E-state index contributed by atoms with van der Waals surface area (Å²) in [6.45, 7) is 13.4. The first kappa shape index (κ1) is 11.9. The molecule has 0 saturated heterocycles. The Balaban J connectivity index is 3.78. The molecular weight excluding hydrogens is 219 g/mol. The van der Waals surface area contributed by atoms with Gasteiger partial charge in [-0.25, -0.2) is 4.39 Å². The topological polar surface area (TPSA) is 56.3 Å². The molecule has 0 heterocycles. The smallest absolute Gasteiger partial charge is 0.207 e. The second-order valence-electron chi connectivity index (χ2n) is 2.84. The zero-order valence-corrected chi connectivity index (χ0v) is 8.40. The molecule has 0 saturated carbocycles. The lowest BCUT2D eigenvalue weighted by atomic mass is 10.1. The van der Waals surface area contributed by atoms with Gasteiger partial charge in [-0.3, -0.25) is 0 Å². The molecule has 0 fully saturated rings. The summed E-state index contributed by atoms with van der Waals surface area (Å²) in [6, 6.07) is 6.77. The van der Waals surface area contributed by atoms with Crippen LogP contribution >= 0.6 is 0 Å². The molecule has 1 rings (SSSR count). The van der Waals surface area contributed by atoms with Gasteiger partial charge in [-0.05, 0) is 6.07 Å². The van der Waals surface area contributed by atoms with Crippen molar-refractivity contribution in [3.63, 3.8) is 0 Å². The number of nitriles is 2. The van der Waals surface area contributed by atoms with E-state index >= 15 is 0 Å². The van der Waals surface area contributed by atoms with Crippen molar-refractivity contribution in [3.8, 4) is 12.1 Å². The van der Waals surface area contributed by atoms with Crippen LogP contribution in [0.5, 0.6) is 0 Å². The standard InChI is InChI=1S/C12H3FN4/c1-16-12(17-2)10-4-3-8(5-11(10)13)9(6-14)7-15/h3-5H. The highest BCUT2D eigenvalue weighted by molar-refractivity contribution is 5.72. The lowest BCUT2D eigenvalue weighted by Crippen LogP contribution is -2.16. The van der Waals surface area contributed by atoms with Crippen LogP contribution in [0.1, 0.15) is 0 Å². The molecule has 17 heavy (non-hydrogen) atoms. The second-order valence-corrected chi connectivity index (χ2v) is 2.84. The maximum Gasteiger partial charge on any atom is 0.529 e. The monoisotopic (exact) mass is 222 g/mol. The van der Waals surface area contributed by atoms with Crippen LogP contribution in [0.15, 0.2) is 18.2 Å². The van der Waals surface area contributed by atoms with E-state index in [1.807, 2.05) is 0 Å². The summed E-state index contributed by atoms with van der Waals surface area (Å²) in [4.78, 5) is 5.78. The highest BCUT2D eigenvalue weighted by Gasteiger charge is 2.09. The molecule has 0 atom stereocenters. The highest BCUT2D eigenvalue weighted by Crippen LogP contribution is 1.98. The van der Waals surface area contributed by atoms with Crippen LogP contribution in [0.25, 0.3) is 21.1 Å². The van der Waals surface area contributed by atoms with Gasteiger partial charge in [-0.15, -0.1) is 0 Å². The van der Waals surface area contributed by atoms with Gasteiger partial charge in [0, 0.05) is 5.22 Å². The van der Waals surface area contributed by atoms with Crippen molar-refractivity contribution in [2.45, 2.75) is 0 Å². The summed E-state index contributed by atoms with van der Waals surface area (Å²) in [5.41, 5.74) is -0.220. The van der Waals surface area contributed by atoms with E-state index in [2.05, 4.69) is 9.69 Å². The van der Waals surface area contributed by atoms with Crippen LogP contribution in [0.2, 0.25) is 0 Å². The number of hydrogen-bond acceptors (Lipinski definition) is 2. The van der Waals surface area contributed by atoms with Gasteiger partial charge in [-0.2, -0.15) is 20.2 Å². The first-order chi connectivity index (χ1) is 8.17. The first-order valence-corrected chi connectivity index (χ1v) is 4.27. The minimum absolute atomic E-state index is 0.130. The van der Waals surface area contributed by atoms with Crippen molar-refractivity contribution in [2.75, 3.05) is 0 Å². The lowest BCUT2D eigenvalue weighted by molar-refractivity contribution is 0.617. The second kappa shape index (κ2) is 5.08. The SMILES string of the molecule is [C-]#[N+]C([N+]#[C-])=c1ccc(=C(C#N)C#N)cc1F. The van der Waals surface area contributed by atoms with Gasteiger partial charge in [0.25, 0.3) is 0 Å². The number of hydrogen-bond donors (Lipinski definition) is 0. The maximum absolute atomic E-state index is 13.6. The molecule has 0 aliphatic heterocycles. The molecule has 0 aliphatic carbocycles. The maximum atomic E-state index is 13.6. The van der Waals surface area contributed by atoms with Crippen molar-refractivity contribution in [1.82, 2.24) is 0 Å². The normalized spacial score (nSPS) is 8.06. The Labute approximate surface area is 96.4 Å². The Kier molecular flexibility index (Phi) is 3.56. The van der Waals surface area contributed by atoms with Crippen molar-refractivity contribution >= 4 is 11.4 Å². The fourth-order valence-corrected chi connectivity index (χ4v) is 1.15. The summed E-state index contributed by atoms with van der Waals surface area (Å²) in [5, 5.41) is 17.2. The van der Waals surface area contributed by atoms with E-state index in [4.69, 9.17) is 23.7 Å². The summed E-state index contributed by atoms with van der Waals surface area (Å²) >= 11 is 0. The molecular formula is C12H3FN4. The van der Waals surface area contributed by atoms with Gasteiger partial charge in [-0.1, -0.05) is 12.1 Å². The number of nitrogens with zero attached hydrogens (tertiary/aromatic N) is 4. The van der Waals surface area contributed by atoms with E-state index in [-0.39, 0.29) is 21.8 Å². The Morgan fingerprint density at radius 1 is 1.18 bits per heavy atom. The van der Waals surface area contributed by atoms with Crippen molar-refractivity contribution in [1.29, 1.82) is 10.5 Å². The van der Waals surface area contributed by atoms with Gasteiger partial charge >= 0.3 is 5.82 Å². The zero-order chi connectivity index (χ0) is 12.8. The van der Waals surface area contributed by atoms with E-state index in [0.717, 1.165) is 6.07 Å². The number of benzene rings is 1. The Morgan fingerprint density at radius 2 is 1.76 bits per heavy atom. The molecule has 78 valence electrons. The summed E-state index contributed by atoms with van der Waals surface area (Å²) in [5.74, 6) is -1.18. The van der Waals surface area contributed by atoms with Crippen LogP contribution in [0, 0.1) is 41.6 Å². The molecule has 0 bridgehead atoms. The molecule has 5 heteroatoms. The molecule has 0 spiro atoms. The third kappa shape index (κ3) is 2.26. The minimum Gasteiger partial charge on any atom is -0.207 e. The van der Waals surface area contributed by atoms with Gasteiger partial charge in [0.2, 0.25) is 0 Å². The largest absolute Gasteiger partial charge is 0.529 e. The fourth-order valence-electron chi connectivity index (χ4n) is 1.15. The third-order valence-corrected chi connectivity index (χ3v) is 1.93. The Hall–Kier alpha value is -3.15. The van der Waals surface area contributed by atoms with Crippen molar-refractivity contribution in [3.05, 3.63) is 57.3 Å². The van der Waals surface area contributed by atoms with Crippen molar-refractivity contribution in [2.24, 2.45) is 0 Å². The molecule has 0 unspecified atom stereocenters. The predicted molar refractivity (Wildman–Crippen MR) is 56.9 cm³/mol. The average Bonchev–Trinajstić information content (AvgIpc) is 2.34. The van der Waals surface area contributed by atoms with Crippen LogP contribution in [0.4, 0.5) is 4.39 Å². The van der Waals surface area contributed by atoms with E-state index in [1.165, 1.54) is 12.1 Å². The van der Waals surface area contributed by atoms with E-state index in [9.17, 15) is 4.39 Å². The average molecular weight is 222 g/mol. The first-order valence-electron chi connectivity index (χ1n) is 4.27. The molecule has 4 nitrogen and oxygen atoms in total. The molecule has 0 aromatic heterocycles. The molecule has 0 amide bonds. The van der Waals surface area contributed by atoms with Gasteiger partial charge < -0.3 is 0 Å². The van der Waals surface area contributed by atoms with Crippen LogP contribution < -0.4 is 10.4 Å². The quantitative estimate of drug-likeness (QED) is 0.613. The molecule has 1 aromatic rings. The molecule has 0 N–H and O–H groups in total. The molecule has 1 aromatic carbocycles. The fraction of sp³-hybridized carbons (Fsp3) is 0. The highest BCUT2D eigenvalue weighted by atomic mass is 19.1. The Morgan fingerprint density at radius 3 is 2.18 bits per heavy atom. The Bertz CT molecular complexity index is 716. The van der Waals surface area contributed by atoms with Crippen LogP contribution in [0.3, 0.4) is 0 Å². The van der Waals surface area contributed by atoms with Crippen LogP contribution in [-0.2, 0) is 0 Å². The predicted octanol–water partition coefficient (Wildman–Crippen LogP) is 0.928. The molecule has 0 radical (unpaired) electrons. The van der Waals surface area contributed by atoms with E-state index < -0.39 is 5.82 Å². The third-order valence-electron chi connectivity index (χ3n) is 1.93. The van der Waals surface area contributed by atoms with Crippen molar-refractivity contribution < 1.29 is 4.39 Å². The minimum atomic E-state index is -0.799. The summed E-state index contributed by atoms with van der Waals surface area (Å²) in [7, 11) is 0. The van der Waals surface area contributed by atoms with Gasteiger partial charge in [0.1, 0.15) is 41.9 Å². The zero-order valence-electron chi connectivity index (χ0n) is 8.40. The van der Waals surface area contributed by atoms with Crippen LogP contribution in [-0.4, -0.2) is 0 Å². The van der Waals surface area contributed by atoms with E-state index in [0.29, 0.717) is 0 Å². The van der Waals surface area contributed by atoms with Gasteiger partial charge in [0.05, 0.1) is 0 Å². The number of rotatable bonds is 0. The molecule has 0 aliphatic rings. The summed E-state index contributed by atoms with van der Waals surface area (Å²) < 4.78 is 13.6. The summed E-state index contributed by atoms with van der Waals surface area (Å²) in [6.07, 6.45) is 0. The number of halogens is 1. The lowest BCUT2D eigenvalue weighted by Gasteiger charge is -1.89.